The maximum absolute atomic E-state index is 14.1. The molecule has 4 aromatic carbocycles. The van der Waals surface area contributed by atoms with Crippen molar-refractivity contribution in [2.45, 2.75) is 50.9 Å². The Morgan fingerprint density at radius 3 is 2.21 bits per heavy atom. The third-order valence-corrected chi connectivity index (χ3v) is 10.8. The number of oxazole rings is 1. The third kappa shape index (κ3) is 9.59. The summed E-state index contributed by atoms with van der Waals surface area (Å²) >= 11 is 0. The number of amides is 5. The Morgan fingerprint density at radius 1 is 0.873 bits per heavy atom. The standard InChI is InChI=1S/C47H48N8O8/c1-6-23-54(44(57)38(52-46(59)61-4)30-14-9-7-10-15-30)29(3)42(56)49-34-19-13-18-32(25-34)37-27-48-43(63-37)33-20-21-35-36(26-33)51-41(50-35)40-28(2)22-24-55(40)45(58)39(53-47(60)62-5)31-16-11-8-12-17-31/h7-21,25-27,29,38-40H,2,6,22-24H2,1,3-5H3,(H,49,56)(H,50,51)(H,52,59)(H,53,60)/t29-,38+,39+,40-/m0/s1. The Kier molecular flexibility index (Phi) is 13.3. The van der Waals surface area contributed by atoms with Crippen molar-refractivity contribution >= 4 is 46.6 Å². The highest BCUT2D eigenvalue weighted by atomic mass is 16.5. The van der Waals surface area contributed by atoms with Gasteiger partial charge in [-0.3, -0.25) is 14.4 Å². The van der Waals surface area contributed by atoms with E-state index in [0.717, 1.165) is 5.57 Å². The summed E-state index contributed by atoms with van der Waals surface area (Å²) in [5, 5.41) is 8.22. The molecule has 16 heteroatoms. The Morgan fingerprint density at radius 2 is 1.54 bits per heavy atom. The zero-order valence-electron chi connectivity index (χ0n) is 35.3. The lowest BCUT2D eigenvalue weighted by Crippen LogP contribution is -2.50. The number of H-pyrrole nitrogens is 1. The average molecular weight is 853 g/mol. The van der Waals surface area contributed by atoms with Gasteiger partial charge >= 0.3 is 12.2 Å². The number of rotatable bonds is 14. The van der Waals surface area contributed by atoms with Crippen LogP contribution in [0.15, 0.2) is 126 Å². The molecule has 1 fully saturated rings. The van der Waals surface area contributed by atoms with Gasteiger partial charge in [-0.2, -0.15) is 0 Å². The zero-order valence-corrected chi connectivity index (χ0v) is 35.3. The van der Waals surface area contributed by atoms with Crippen LogP contribution in [0.4, 0.5) is 15.3 Å². The molecule has 1 aliphatic rings. The molecule has 0 unspecified atom stereocenters. The zero-order chi connectivity index (χ0) is 44.6. The fourth-order valence-corrected chi connectivity index (χ4v) is 7.59. The number of aromatic amines is 1. The monoisotopic (exact) mass is 852 g/mol. The molecule has 324 valence electrons. The van der Waals surface area contributed by atoms with Gasteiger partial charge in [0.2, 0.25) is 11.8 Å². The van der Waals surface area contributed by atoms with Gasteiger partial charge in [0.15, 0.2) is 5.76 Å². The van der Waals surface area contributed by atoms with Gasteiger partial charge in [-0.05, 0) is 66.8 Å². The van der Waals surface area contributed by atoms with Crippen LogP contribution in [0.1, 0.15) is 61.8 Å². The van der Waals surface area contributed by atoms with Gasteiger partial charge < -0.3 is 44.6 Å². The first-order chi connectivity index (χ1) is 30.5. The molecule has 5 amide bonds. The molecule has 4 atom stereocenters. The van der Waals surface area contributed by atoms with Gasteiger partial charge in [0.1, 0.15) is 30.0 Å². The summed E-state index contributed by atoms with van der Waals surface area (Å²) < 4.78 is 15.9. The minimum atomic E-state index is -1.06. The number of fused-ring (bicyclic) bond motifs is 1. The molecule has 0 spiro atoms. The van der Waals surface area contributed by atoms with Crippen molar-refractivity contribution in [3.63, 3.8) is 0 Å². The number of hydrogen-bond donors (Lipinski definition) is 4. The number of methoxy groups -OCH3 is 2. The van der Waals surface area contributed by atoms with E-state index in [-0.39, 0.29) is 12.5 Å². The number of imidazole rings is 1. The molecule has 0 aliphatic carbocycles. The molecule has 0 saturated carbocycles. The van der Waals surface area contributed by atoms with Crippen LogP contribution in [0, 0.1) is 0 Å². The predicted molar refractivity (Wildman–Crippen MR) is 235 cm³/mol. The highest BCUT2D eigenvalue weighted by Gasteiger charge is 2.39. The summed E-state index contributed by atoms with van der Waals surface area (Å²) in [4.78, 5) is 82.2. The first kappa shape index (κ1) is 43.3. The van der Waals surface area contributed by atoms with E-state index in [1.54, 1.807) is 90.8 Å². The van der Waals surface area contributed by atoms with Crippen molar-refractivity contribution in [2.24, 2.45) is 0 Å². The van der Waals surface area contributed by atoms with E-state index in [1.807, 2.05) is 37.3 Å². The fourth-order valence-electron chi connectivity index (χ4n) is 7.59. The molecule has 16 nitrogen and oxygen atoms in total. The number of likely N-dealkylation sites (tertiary alicyclic amines) is 1. The molecular weight excluding hydrogens is 805 g/mol. The Hall–Kier alpha value is -7.75. The van der Waals surface area contributed by atoms with Gasteiger partial charge in [-0.25, -0.2) is 19.6 Å². The number of alkyl carbamates (subject to hydrolysis) is 2. The minimum Gasteiger partial charge on any atom is -0.453 e. The second-order valence-corrected chi connectivity index (χ2v) is 15.0. The topological polar surface area (TPSA) is 201 Å². The van der Waals surface area contributed by atoms with Crippen LogP contribution in [-0.2, 0) is 23.9 Å². The lowest BCUT2D eigenvalue weighted by molar-refractivity contribution is -0.140. The van der Waals surface area contributed by atoms with Crippen molar-refractivity contribution in [1.29, 1.82) is 0 Å². The molecule has 4 N–H and O–H groups in total. The molecular formula is C47H48N8O8. The van der Waals surface area contributed by atoms with Crippen molar-refractivity contribution in [3.05, 3.63) is 138 Å². The number of anilines is 1. The number of hydrogen-bond acceptors (Lipinski definition) is 10. The van der Waals surface area contributed by atoms with E-state index in [1.165, 1.54) is 19.1 Å². The Balaban J connectivity index is 1.06. The van der Waals surface area contributed by atoms with Crippen LogP contribution >= 0.6 is 0 Å². The summed E-state index contributed by atoms with van der Waals surface area (Å²) in [5.41, 5.74) is 5.10. The van der Waals surface area contributed by atoms with Crippen LogP contribution in [0.3, 0.4) is 0 Å². The van der Waals surface area contributed by atoms with E-state index in [9.17, 15) is 24.0 Å². The van der Waals surface area contributed by atoms with E-state index in [4.69, 9.17) is 18.9 Å². The lowest BCUT2D eigenvalue weighted by atomic mass is 10.0. The predicted octanol–water partition coefficient (Wildman–Crippen LogP) is 7.47. The summed E-state index contributed by atoms with van der Waals surface area (Å²) in [6, 6.07) is 26.9. The molecule has 2 aromatic heterocycles. The van der Waals surface area contributed by atoms with Gasteiger partial charge in [0, 0.05) is 29.9 Å². The number of benzene rings is 4. The first-order valence-electron chi connectivity index (χ1n) is 20.4. The molecule has 63 heavy (non-hydrogen) atoms. The van der Waals surface area contributed by atoms with Gasteiger partial charge in [0.05, 0.1) is 31.4 Å². The molecule has 1 saturated heterocycles. The summed E-state index contributed by atoms with van der Waals surface area (Å²) in [7, 11) is 2.47. The van der Waals surface area contributed by atoms with Gasteiger partial charge in [0.25, 0.3) is 11.8 Å². The largest absolute Gasteiger partial charge is 0.453 e. The number of ether oxygens (including phenoxy) is 2. The van der Waals surface area contributed by atoms with Gasteiger partial charge in [-0.1, -0.05) is 86.3 Å². The van der Waals surface area contributed by atoms with Gasteiger partial charge in [-0.15, -0.1) is 0 Å². The fraction of sp³-hybridized carbons (Fsp3) is 0.255. The highest BCUT2D eigenvalue weighted by molar-refractivity contribution is 5.98. The average Bonchev–Trinajstić information content (AvgIpc) is 4.07. The summed E-state index contributed by atoms with van der Waals surface area (Å²) in [5.74, 6) is 0.123. The smallest absolute Gasteiger partial charge is 0.407 e. The first-order valence-corrected chi connectivity index (χ1v) is 20.4. The number of carbonyl (C=O) groups excluding carboxylic acids is 5. The Labute approximate surface area is 363 Å². The lowest BCUT2D eigenvalue weighted by Gasteiger charge is -2.32. The molecule has 6 aromatic rings. The SMILES string of the molecule is C=C1CCN(C(=O)[C@H](NC(=O)OC)c2ccccc2)[C@@H]1c1nc2ccc(-c3ncc(-c4cccc(NC(=O)[C@H](C)N(CCC)C(=O)[C@H](NC(=O)OC)c5ccccc5)c4)o3)cc2[nH]1. The van der Waals surface area contributed by atoms with Crippen molar-refractivity contribution < 1.29 is 37.9 Å². The van der Waals surface area contributed by atoms with Crippen molar-refractivity contribution in [2.75, 3.05) is 32.6 Å². The number of nitrogens with zero attached hydrogens (tertiary/aromatic N) is 4. The molecule has 0 bridgehead atoms. The minimum absolute atomic E-state index is 0.269. The number of aromatic nitrogens is 3. The van der Waals surface area contributed by atoms with Crippen LogP contribution in [0.2, 0.25) is 0 Å². The normalized spacial score (nSPS) is 15.0. The van der Waals surface area contributed by atoms with Crippen LogP contribution in [0.25, 0.3) is 33.8 Å². The second-order valence-electron chi connectivity index (χ2n) is 15.0. The maximum Gasteiger partial charge on any atom is 0.407 e. The van der Waals surface area contributed by atoms with Crippen LogP contribution < -0.4 is 16.0 Å². The number of nitrogens with one attached hydrogen (secondary N) is 4. The second kappa shape index (κ2) is 19.3. The highest BCUT2D eigenvalue weighted by Crippen LogP contribution is 2.38. The quantitative estimate of drug-likeness (QED) is 0.0797. The van der Waals surface area contributed by atoms with E-state index >= 15 is 0 Å². The third-order valence-electron chi connectivity index (χ3n) is 10.8. The molecule has 3 heterocycles. The molecule has 0 radical (unpaired) electrons. The van der Waals surface area contributed by atoms with E-state index in [2.05, 4.69) is 32.5 Å². The van der Waals surface area contributed by atoms with E-state index in [0.29, 0.717) is 75.8 Å². The van der Waals surface area contributed by atoms with Crippen LogP contribution in [0.5, 0.6) is 0 Å². The van der Waals surface area contributed by atoms with Crippen molar-refractivity contribution in [1.82, 2.24) is 35.4 Å². The number of carbonyl (C=O) groups is 5. The van der Waals surface area contributed by atoms with E-state index < -0.39 is 48.2 Å². The Bertz CT molecular complexity index is 2630. The maximum atomic E-state index is 14.1. The van der Waals surface area contributed by atoms with Crippen LogP contribution in [-0.4, -0.2) is 88.0 Å². The summed E-state index contributed by atoms with van der Waals surface area (Å²) in [6.07, 6.45) is 1.23. The van der Waals surface area contributed by atoms with Crippen molar-refractivity contribution in [3.8, 4) is 22.8 Å². The summed E-state index contributed by atoms with van der Waals surface area (Å²) in [6.45, 7) is 8.46. The molecule has 1 aliphatic heterocycles. The molecule has 7 rings (SSSR count).